The first kappa shape index (κ1) is 13.7. The standard InChI is InChI=1S/C14H17N5O2/c1-8-5-9(2)19-14(16-8)11(7-15-19)13-17-12(21-18-13)6-10(3)20-4/h5,7,10H,6H2,1-4H3/t10-/m0/s1. The van der Waals surface area contributed by atoms with Crippen LogP contribution in [0.2, 0.25) is 0 Å². The summed E-state index contributed by atoms with van der Waals surface area (Å²) in [5, 5.41) is 8.35. The monoisotopic (exact) mass is 287 g/mol. The third-order valence-corrected chi connectivity index (χ3v) is 3.35. The molecule has 0 fully saturated rings. The predicted molar refractivity (Wildman–Crippen MR) is 75.9 cm³/mol. The Morgan fingerprint density at radius 1 is 1.33 bits per heavy atom. The second kappa shape index (κ2) is 5.25. The largest absolute Gasteiger partial charge is 0.381 e. The van der Waals surface area contributed by atoms with Crippen molar-refractivity contribution in [2.75, 3.05) is 7.11 Å². The lowest BCUT2D eigenvalue weighted by Crippen LogP contribution is -2.08. The number of ether oxygens (including phenoxy) is 1. The van der Waals surface area contributed by atoms with Gasteiger partial charge in [0, 0.05) is 18.5 Å². The van der Waals surface area contributed by atoms with E-state index in [2.05, 4.69) is 20.2 Å². The number of fused-ring (bicyclic) bond motifs is 1. The average Bonchev–Trinajstić information content (AvgIpc) is 3.04. The van der Waals surface area contributed by atoms with E-state index in [0.717, 1.165) is 22.6 Å². The topological polar surface area (TPSA) is 78.3 Å². The molecule has 0 aliphatic rings. The van der Waals surface area contributed by atoms with Gasteiger partial charge in [-0.3, -0.25) is 0 Å². The summed E-state index contributed by atoms with van der Waals surface area (Å²) in [5.74, 6) is 1.05. The molecular formula is C14H17N5O2. The van der Waals surface area contributed by atoms with E-state index in [1.54, 1.807) is 17.8 Å². The quantitative estimate of drug-likeness (QED) is 0.730. The minimum Gasteiger partial charge on any atom is -0.381 e. The van der Waals surface area contributed by atoms with Crippen LogP contribution in [-0.2, 0) is 11.2 Å². The molecular weight excluding hydrogens is 270 g/mol. The van der Waals surface area contributed by atoms with Crippen molar-refractivity contribution in [3.8, 4) is 11.4 Å². The lowest BCUT2D eigenvalue weighted by atomic mass is 10.3. The lowest BCUT2D eigenvalue weighted by molar-refractivity contribution is 0.111. The number of rotatable bonds is 4. The Morgan fingerprint density at radius 2 is 2.14 bits per heavy atom. The van der Waals surface area contributed by atoms with Gasteiger partial charge in [-0.25, -0.2) is 9.50 Å². The Kier molecular flexibility index (Phi) is 3.42. The second-order valence-electron chi connectivity index (χ2n) is 5.09. The summed E-state index contributed by atoms with van der Waals surface area (Å²) in [4.78, 5) is 8.91. The SMILES string of the molecule is CO[C@@H](C)Cc1nc(-c2cnn3c(C)cc(C)nc23)no1. The van der Waals surface area contributed by atoms with E-state index in [1.165, 1.54) is 0 Å². The molecule has 7 nitrogen and oxygen atoms in total. The molecule has 7 heteroatoms. The first-order valence-electron chi connectivity index (χ1n) is 6.76. The van der Waals surface area contributed by atoms with Gasteiger partial charge < -0.3 is 9.26 Å². The Labute approximate surface area is 122 Å². The van der Waals surface area contributed by atoms with E-state index in [4.69, 9.17) is 9.26 Å². The van der Waals surface area contributed by atoms with Gasteiger partial charge in [0.15, 0.2) is 5.65 Å². The van der Waals surface area contributed by atoms with Crippen LogP contribution in [0.25, 0.3) is 17.0 Å². The summed E-state index contributed by atoms with van der Waals surface area (Å²) < 4.78 is 12.2. The van der Waals surface area contributed by atoms with Crippen molar-refractivity contribution in [1.82, 2.24) is 24.7 Å². The van der Waals surface area contributed by atoms with E-state index in [9.17, 15) is 0 Å². The molecule has 0 aliphatic heterocycles. The van der Waals surface area contributed by atoms with Crippen molar-refractivity contribution in [3.63, 3.8) is 0 Å². The van der Waals surface area contributed by atoms with Crippen molar-refractivity contribution in [1.29, 1.82) is 0 Å². The van der Waals surface area contributed by atoms with Crippen LogP contribution in [0.4, 0.5) is 0 Å². The molecule has 0 bridgehead atoms. The van der Waals surface area contributed by atoms with Crippen molar-refractivity contribution < 1.29 is 9.26 Å². The van der Waals surface area contributed by atoms with Gasteiger partial charge in [-0.05, 0) is 26.8 Å². The van der Waals surface area contributed by atoms with Gasteiger partial charge in [-0.2, -0.15) is 10.1 Å². The molecule has 0 unspecified atom stereocenters. The zero-order chi connectivity index (χ0) is 15.0. The minimum atomic E-state index is 0.0322. The molecule has 0 spiro atoms. The first-order valence-corrected chi connectivity index (χ1v) is 6.76. The number of nitrogens with zero attached hydrogens (tertiary/aromatic N) is 5. The van der Waals surface area contributed by atoms with E-state index < -0.39 is 0 Å². The molecule has 0 amide bonds. The van der Waals surface area contributed by atoms with E-state index in [0.29, 0.717) is 18.1 Å². The molecule has 1 atom stereocenters. The van der Waals surface area contributed by atoms with Crippen LogP contribution in [-0.4, -0.2) is 38.0 Å². The molecule has 3 heterocycles. The van der Waals surface area contributed by atoms with Gasteiger partial charge in [-0.1, -0.05) is 5.16 Å². The Morgan fingerprint density at radius 3 is 2.90 bits per heavy atom. The molecule has 0 aliphatic carbocycles. The number of aryl methyl sites for hydroxylation is 2. The van der Waals surface area contributed by atoms with Crippen molar-refractivity contribution in [2.45, 2.75) is 33.3 Å². The number of hydrogen-bond acceptors (Lipinski definition) is 6. The average molecular weight is 287 g/mol. The Bertz CT molecular complexity index is 777. The second-order valence-corrected chi connectivity index (χ2v) is 5.09. The van der Waals surface area contributed by atoms with Crippen LogP contribution in [0, 0.1) is 13.8 Å². The Balaban J connectivity index is 2.01. The normalized spacial score (nSPS) is 13.0. The fraction of sp³-hybridized carbons (Fsp3) is 0.429. The van der Waals surface area contributed by atoms with Crippen LogP contribution in [0.1, 0.15) is 24.2 Å². The molecule has 0 saturated carbocycles. The van der Waals surface area contributed by atoms with Crippen LogP contribution < -0.4 is 0 Å². The summed E-state index contributed by atoms with van der Waals surface area (Å²) in [7, 11) is 1.66. The maximum Gasteiger partial charge on any atom is 0.229 e. The molecule has 110 valence electrons. The van der Waals surface area contributed by atoms with Crippen molar-refractivity contribution in [2.24, 2.45) is 0 Å². The van der Waals surface area contributed by atoms with Gasteiger partial charge in [-0.15, -0.1) is 0 Å². The third kappa shape index (κ3) is 2.52. The van der Waals surface area contributed by atoms with Gasteiger partial charge in [0.1, 0.15) is 0 Å². The molecule has 0 saturated heterocycles. The van der Waals surface area contributed by atoms with Gasteiger partial charge in [0.05, 0.1) is 24.3 Å². The van der Waals surface area contributed by atoms with E-state index in [-0.39, 0.29) is 6.10 Å². The highest BCUT2D eigenvalue weighted by atomic mass is 16.5. The molecule has 3 aromatic heterocycles. The zero-order valence-electron chi connectivity index (χ0n) is 12.5. The zero-order valence-corrected chi connectivity index (χ0v) is 12.5. The van der Waals surface area contributed by atoms with E-state index in [1.807, 2.05) is 26.8 Å². The Hall–Kier alpha value is -2.28. The molecule has 0 aromatic carbocycles. The summed E-state index contributed by atoms with van der Waals surface area (Å²) >= 11 is 0. The maximum absolute atomic E-state index is 5.26. The maximum atomic E-state index is 5.26. The summed E-state index contributed by atoms with van der Waals surface area (Å²) in [6.07, 6.45) is 2.32. The summed E-state index contributed by atoms with van der Waals surface area (Å²) in [5.41, 5.74) is 3.44. The van der Waals surface area contributed by atoms with E-state index >= 15 is 0 Å². The molecule has 3 rings (SSSR count). The smallest absolute Gasteiger partial charge is 0.229 e. The highest BCUT2D eigenvalue weighted by molar-refractivity contribution is 5.72. The highest BCUT2D eigenvalue weighted by Gasteiger charge is 2.17. The fourth-order valence-corrected chi connectivity index (χ4v) is 2.20. The van der Waals surface area contributed by atoms with Crippen molar-refractivity contribution in [3.05, 3.63) is 29.5 Å². The van der Waals surface area contributed by atoms with Crippen molar-refractivity contribution >= 4 is 5.65 Å². The number of hydrogen-bond donors (Lipinski definition) is 0. The minimum absolute atomic E-state index is 0.0322. The highest BCUT2D eigenvalue weighted by Crippen LogP contribution is 2.22. The van der Waals surface area contributed by atoms with Crippen LogP contribution >= 0.6 is 0 Å². The van der Waals surface area contributed by atoms with Crippen LogP contribution in [0.3, 0.4) is 0 Å². The van der Waals surface area contributed by atoms with Gasteiger partial charge in [0.2, 0.25) is 11.7 Å². The van der Waals surface area contributed by atoms with Crippen LogP contribution in [0.15, 0.2) is 16.8 Å². The molecule has 0 radical (unpaired) electrons. The summed E-state index contributed by atoms with van der Waals surface area (Å²) in [6.45, 7) is 5.89. The molecule has 3 aromatic rings. The number of methoxy groups -OCH3 is 1. The van der Waals surface area contributed by atoms with Gasteiger partial charge in [0.25, 0.3) is 0 Å². The molecule has 0 N–H and O–H groups in total. The van der Waals surface area contributed by atoms with Gasteiger partial charge >= 0.3 is 0 Å². The summed E-state index contributed by atoms with van der Waals surface area (Å²) in [6, 6.07) is 1.98. The van der Waals surface area contributed by atoms with Crippen LogP contribution in [0.5, 0.6) is 0 Å². The number of aromatic nitrogens is 5. The fourth-order valence-electron chi connectivity index (χ4n) is 2.20. The predicted octanol–water partition coefficient (Wildman–Crippen LogP) is 1.97. The first-order chi connectivity index (χ1) is 10.1. The lowest BCUT2D eigenvalue weighted by Gasteiger charge is -2.03. The third-order valence-electron chi connectivity index (χ3n) is 3.35. The molecule has 21 heavy (non-hydrogen) atoms.